The van der Waals surface area contributed by atoms with Gasteiger partial charge in [-0.25, -0.2) is 9.59 Å². The molecule has 2 heterocycles. The van der Waals surface area contributed by atoms with Gasteiger partial charge < -0.3 is 19.0 Å². The van der Waals surface area contributed by atoms with E-state index in [2.05, 4.69) is 0 Å². The minimum Gasteiger partial charge on any atom is -0.506 e. The zero-order valence-corrected chi connectivity index (χ0v) is 23.0. The van der Waals surface area contributed by atoms with Gasteiger partial charge in [-0.1, -0.05) is 67.6 Å². The molecule has 1 N–H and O–H groups in total. The molecule has 0 radical (unpaired) electrons. The Bertz CT molecular complexity index is 1730. The van der Waals surface area contributed by atoms with Crippen molar-refractivity contribution in [3.8, 4) is 22.6 Å². The lowest BCUT2D eigenvalue weighted by molar-refractivity contribution is -0.138. The highest BCUT2D eigenvalue weighted by molar-refractivity contribution is 6.15. The van der Waals surface area contributed by atoms with Crippen LogP contribution in [-0.2, 0) is 9.53 Å². The van der Waals surface area contributed by atoms with Crippen LogP contribution in [0.2, 0.25) is 0 Å². The van der Waals surface area contributed by atoms with E-state index >= 15 is 0 Å². The number of benzene rings is 3. The molecule has 0 unspecified atom stereocenters. The van der Waals surface area contributed by atoms with E-state index < -0.39 is 23.0 Å². The van der Waals surface area contributed by atoms with E-state index in [1.807, 2.05) is 74.5 Å². The molecule has 0 saturated heterocycles. The average molecular weight is 551 g/mol. The van der Waals surface area contributed by atoms with Gasteiger partial charge in [-0.15, -0.1) is 0 Å². The topological polar surface area (TPSA) is 103 Å². The minimum absolute atomic E-state index is 0.0102. The van der Waals surface area contributed by atoms with Crippen molar-refractivity contribution in [2.24, 2.45) is 5.92 Å². The summed E-state index contributed by atoms with van der Waals surface area (Å²) >= 11 is 0. The van der Waals surface area contributed by atoms with Crippen molar-refractivity contribution in [3.63, 3.8) is 0 Å². The van der Waals surface area contributed by atoms with Crippen LogP contribution in [0.1, 0.15) is 48.7 Å². The second-order valence-corrected chi connectivity index (χ2v) is 10.7. The van der Waals surface area contributed by atoms with Gasteiger partial charge in [-0.2, -0.15) is 0 Å². The molecule has 7 nitrogen and oxygen atoms in total. The second kappa shape index (κ2) is 11.3. The summed E-state index contributed by atoms with van der Waals surface area (Å²) in [6, 6.07) is 20.0. The summed E-state index contributed by atoms with van der Waals surface area (Å²) in [5.41, 5.74) is 0.938. The Morgan fingerprint density at radius 1 is 1.05 bits per heavy atom. The van der Waals surface area contributed by atoms with Gasteiger partial charge in [0.25, 0.3) is 0 Å². The maximum Gasteiger partial charge on any atom is 0.336 e. The summed E-state index contributed by atoms with van der Waals surface area (Å²) in [7, 11) is 0. The molecule has 0 aliphatic carbocycles. The van der Waals surface area contributed by atoms with Crippen molar-refractivity contribution >= 4 is 34.9 Å². The number of Topliss-reactive ketones (excluding diaryl/α,β-unsaturated/α-hetero) is 1. The predicted molar refractivity (Wildman–Crippen MR) is 158 cm³/mol. The van der Waals surface area contributed by atoms with Crippen molar-refractivity contribution in [3.05, 3.63) is 106 Å². The number of phenols is 1. The molecule has 0 fully saturated rings. The standard InChI is InChI=1S/C34H30O7/c1-21(20-39-27(36)15-14-22-10-6-4-7-11-22)18-26(35)30-31(38)24-16-17-34(2,3)41-32(24)29-25(19-28(37)40-33(29)30)23-12-8-5-9-13-23/h4-17,19,21,38H,18,20H2,1-3H3/b15-14+/t21-/m0/s1. The van der Waals surface area contributed by atoms with E-state index in [0.717, 1.165) is 11.1 Å². The summed E-state index contributed by atoms with van der Waals surface area (Å²) in [5.74, 6) is -1.36. The van der Waals surface area contributed by atoms with Crippen LogP contribution in [0.25, 0.3) is 34.2 Å². The smallest absolute Gasteiger partial charge is 0.336 e. The monoisotopic (exact) mass is 550 g/mol. The molecule has 5 rings (SSSR count). The highest BCUT2D eigenvalue weighted by Gasteiger charge is 2.33. The van der Waals surface area contributed by atoms with E-state index in [4.69, 9.17) is 13.9 Å². The fourth-order valence-corrected chi connectivity index (χ4v) is 4.80. The fourth-order valence-electron chi connectivity index (χ4n) is 4.80. The number of ketones is 1. The minimum atomic E-state index is -0.699. The van der Waals surface area contributed by atoms with Gasteiger partial charge in [0.15, 0.2) is 11.4 Å². The number of carbonyl (C=O) groups is 2. The normalized spacial score (nSPS) is 14.4. The number of hydrogen-bond donors (Lipinski definition) is 1. The average Bonchev–Trinajstić information content (AvgIpc) is 2.95. The molecule has 1 aliphatic heterocycles. The summed E-state index contributed by atoms with van der Waals surface area (Å²) in [4.78, 5) is 38.6. The van der Waals surface area contributed by atoms with E-state index in [9.17, 15) is 19.5 Å². The third kappa shape index (κ3) is 5.99. The van der Waals surface area contributed by atoms with Crippen LogP contribution in [-0.4, -0.2) is 29.1 Å². The highest BCUT2D eigenvalue weighted by atomic mass is 16.5. The lowest BCUT2D eigenvalue weighted by atomic mass is 9.90. The van der Waals surface area contributed by atoms with E-state index in [1.54, 1.807) is 25.2 Å². The van der Waals surface area contributed by atoms with Gasteiger partial charge in [0.05, 0.1) is 17.6 Å². The zero-order valence-electron chi connectivity index (χ0n) is 23.0. The molecule has 0 bridgehead atoms. The fraction of sp³-hybridized carbons (Fsp3) is 0.206. The van der Waals surface area contributed by atoms with E-state index in [0.29, 0.717) is 22.3 Å². The zero-order chi connectivity index (χ0) is 29.1. The third-order valence-corrected chi connectivity index (χ3v) is 6.79. The Morgan fingerprint density at radius 3 is 2.44 bits per heavy atom. The number of phenolic OH excluding ortho intramolecular Hbond substituents is 1. The molecule has 0 amide bonds. The Hall–Kier alpha value is -4.91. The molecule has 1 aliphatic rings. The Labute approximate surface area is 237 Å². The van der Waals surface area contributed by atoms with Crippen molar-refractivity contribution in [1.29, 1.82) is 0 Å². The summed E-state index contributed by atoms with van der Waals surface area (Å²) in [6.07, 6.45) is 6.43. The molecule has 7 heteroatoms. The van der Waals surface area contributed by atoms with Crippen LogP contribution in [0.15, 0.2) is 88.1 Å². The number of aromatic hydroxyl groups is 1. The molecular formula is C34H30O7. The van der Waals surface area contributed by atoms with Crippen LogP contribution < -0.4 is 10.4 Å². The largest absolute Gasteiger partial charge is 0.506 e. The number of carbonyl (C=O) groups excluding carboxylic acids is 2. The van der Waals surface area contributed by atoms with Crippen molar-refractivity contribution in [1.82, 2.24) is 0 Å². The van der Waals surface area contributed by atoms with Gasteiger partial charge in [0.1, 0.15) is 22.7 Å². The van der Waals surface area contributed by atoms with Crippen molar-refractivity contribution in [2.45, 2.75) is 32.8 Å². The molecular weight excluding hydrogens is 520 g/mol. The molecule has 0 saturated carbocycles. The van der Waals surface area contributed by atoms with Crippen molar-refractivity contribution < 1.29 is 28.6 Å². The molecule has 0 spiro atoms. The summed E-state index contributed by atoms with van der Waals surface area (Å²) < 4.78 is 17.2. The Kier molecular flexibility index (Phi) is 7.62. The predicted octanol–water partition coefficient (Wildman–Crippen LogP) is 6.82. The first-order valence-corrected chi connectivity index (χ1v) is 13.4. The number of ether oxygens (including phenoxy) is 2. The molecule has 1 aromatic heterocycles. The van der Waals surface area contributed by atoms with Crippen LogP contribution >= 0.6 is 0 Å². The van der Waals surface area contributed by atoms with Crippen LogP contribution in [0.3, 0.4) is 0 Å². The van der Waals surface area contributed by atoms with Gasteiger partial charge in [0, 0.05) is 24.1 Å². The van der Waals surface area contributed by atoms with E-state index in [1.165, 1.54) is 12.1 Å². The lowest BCUT2D eigenvalue weighted by Crippen LogP contribution is -2.28. The Morgan fingerprint density at radius 2 is 1.73 bits per heavy atom. The van der Waals surface area contributed by atoms with Gasteiger partial charge in [-0.3, -0.25) is 4.79 Å². The summed E-state index contributed by atoms with van der Waals surface area (Å²) in [5, 5.41) is 11.8. The van der Waals surface area contributed by atoms with Crippen molar-refractivity contribution in [2.75, 3.05) is 6.61 Å². The molecule has 208 valence electrons. The first-order valence-electron chi connectivity index (χ1n) is 13.4. The first kappa shape index (κ1) is 27.6. The maximum atomic E-state index is 13.7. The second-order valence-electron chi connectivity index (χ2n) is 10.7. The van der Waals surface area contributed by atoms with Crippen LogP contribution in [0.5, 0.6) is 11.5 Å². The molecule has 1 atom stereocenters. The highest BCUT2D eigenvalue weighted by Crippen LogP contribution is 2.48. The third-order valence-electron chi connectivity index (χ3n) is 6.79. The lowest BCUT2D eigenvalue weighted by Gasteiger charge is -2.30. The number of rotatable bonds is 8. The number of hydrogen-bond acceptors (Lipinski definition) is 7. The van der Waals surface area contributed by atoms with Gasteiger partial charge in [0.2, 0.25) is 0 Å². The summed E-state index contributed by atoms with van der Waals surface area (Å²) in [6.45, 7) is 5.49. The van der Waals surface area contributed by atoms with Gasteiger partial charge in [-0.05, 0) is 49.1 Å². The Balaban J connectivity index is 1.49. The SMILES string of the molecule is C[C@H](COC(=O)/C=C/c1ccccc1)CC(=O)c1c(O)c2c(c3c(-c4ccccc4)cc(=O)oc13)OC(C)(C)C=C2. The first-order chi connectivity index (χ1) is 19.6. The maximum absolute atomic E-state index is 13.7. The van der Waals surface area contributed by atoms with Crippen LogP contribution in [0, 0.1) is 5.92 Å². The quantitative estimate of drug-likeness (QED) is 0.111. The molecule has 4 aromatic rings. The van der Waals surface area contributed by atoms with Crippen LogP contribution in [0.4, 0.5) is 0 Å². The van der Waals surface area contributed by atoms with E-state index in [-0.39, 0.29) is 35.8 Å². The molecule has 41 heavy (non-hydrogen) atoms. The number of esters is 1. The number of fused-ring (bicyclic) bond motifs is 3. The van der Waals surface area contributed by atoms with Gasteiger partial charge >= 0.3 is 11.6 Å². The molecule has 3 aromatic carbocycles.